The van der Waals surface area contributed by atoms with E-state index in [9.17, 15) is 4.79 Å². The summed E-state index contributed by atoms with van der Waals surface area (Å²) in [5, 5.41) is 0. The van der Waals surface area contributed by atoms with Crippen LogP contribution in [0.2, 0.25) is 0 Å². The number of methoxy groups -OCH3 is 1. The summed E-state index contributed by atoms with van der Waals surface area (Å²) >= 11 is 0. The van der Waals surface area contributed by atoms with E-state index in [2.05, 4.69) is 21.6 Å². The van der Waals surface area contributed by atoms with Crippen molar-refractivity contribution in [2.45, 2.75) is 0 Å². The predicted molar refractivity (Wildman–Crippen MR) is 76.8 cm³/mol. The number of ether oxygens (including phenoxy) is 1. The van der Waals surface area contributed by atoms with Crippen LogP contribution in [0.1, 0.15) is 21.5 Å². The van der Waals surface area contributed by atoms with Gasteiger partial charge in [0, 0.05) is 17.4 Å². The molecular formula is C15H13N3O2. The molecule has 0 aliphatic carbocycles. The van der Waals surface area contributed by atoms with E-state index < -0.39 is 5.97 Å². The minimum atomic E-state index is -0.482. The van der Waals surface area contributed by atoms with Gasteiger partial charge >= 0.3 is 5.97 Å². The Morgan fingerprint density at radius 1 is 1.25 bits per heavy atom. The summed E-state index contributed by atoms with van der Waals surface area (Å²) in [5.41, 5.74) is 13.6. The zero-order chi connectivity index (χ0) is 14.5. The fraction of sp³-hybridized carbons (Fsp3) is 0.0667. The molecule has 0 saturated heterocycles. The molecule has 0 aliphatic heterocycles. The minimum Gasteiger partial charge on any atom is -0.465 e. The molecule has 0 saturated carbocycles. The van der Waals surface area contributed by atoms with Gasteiger partial charge in [-0.25, -0.2) is 9.78 Å². The Labute approximate surface area is 116 Å². The number of nitrogens with zero attached hydrogens (tertiary/aromatic N) is 1. The van der Waals surface area contributed by atoms with Crippen LogP contribution in [0.3, 0.4) is 0 Å². The number of nitrogen functional groups attached to an aromatic ring is 2. The van der Waals surface area contributed by atoms with Gasteiger partial charge < -0.3 is 16.2 Å². The standard InChI is InChI=1S/C15H13N3O2/c1-20-15(19)12-8-11(14(17)18-9-12)6-5-10-3-2-4-13(16)7-10/h2-4,7-9H,16H2,1H3,(H2,17,18). The van der Waals surface area contributed by atoms with E-state index >= 15 is 0 Å². The monoisotopic (exact) mass is 267 g/mol. The van der Waals surface area contributed by atoms with Gasteiger partial charge in [-0.1, -0.05) is 17.9 Å². The van der Waals surface area contributed by atoms with Crippen LogP contribution in [0.5, 0.6) is 0 Å². The second kappa shape index (κ2) is 5.76. The van der Waals surface area contributed by atoms with E-state index in [0.717, 1.165) is 5.56 Å². The number of esters is 1. The molecule has 0 unspecified atom stereocenters. The van der Waals surface area contributed by atoms with Gasteiger partial charge in [0.25, 0.3) is 0 Å². The van der Waals surface area contributed by atoms with Crippen LogP contribution in [0.15, 0.2) is 36.5 Å². The summed E-state index contributed by atoms with van der Waals surface area (Å²) in [5.74, 6) is 5.58. The van der Waals surface area contributed by atoms with Crippen molar-refractivity contribution in [2.75, 3.05) is 18.6 Å². The molecule has 2 rings (SSSR count). The van der Waals surface area contributed by atoms with Crippen LogP contribution in [0.25, 0.3) is 0 Å². The number of nitrogens with two attached hydrogens (primary N) is 2. The number of rotatable bonds is 1. The number of pyridine rings is 1. The number of carbonyl (C=O) groups excluding carboxylic acids is 1. The fourth-order valence-corrected chi connectivity index (χ4v) is 1.56. The minimum absolute atomic E-state index is 0.258. The molecule has 1 aromatic carbocycles. The van der Waals surface area contributed by atoms with Crippen molar-refractivity contribution in [2.24, 2.45) is 0 Å². The summed E-state index contributed by atoms with van der Waals surface area (Å²) < 4.78 is 4.63. The maximum absolute atomic E-state index is 11.4. The van der Waals surface area contributed by atoms with Gasteiger partial charge in [-0.05, 0) is 24.3 Å². The van der Waals surface area contributed by atoms with Crippen LogP contribution in [0.4, 0.5) is 11.5 Å². The lowest BCUT2D eigenvalue weighted by molar-refractivity contribution is 0.0600. The van der Waals surface area contributed by atoms with Crippen molar-refractivity contribution in [3.63, 3.8) is 0 Å². The van der Waals surface area contributed by atoms with Crippen LogP contribution >= 0.6 is 0 Å². The highest BCUT2D eigenvalue weighted by Crippen LogP contribution is 2.11. The van der Waals surface area contributed by atoms with Gasteiger partial charge in [-0.15, -0.1) is 0 Å². The molecule has 5 nitrogen and oxygen atoms in total. The summed E-state index contributed by atoms with van der Waals surface area (Å²) in [6.45, 7) is 0. The fourth-order valence-electron chi connectivity index (χ4n) is 1.56. The molecule has 1 heterocycles. The van der Waals surface area contributed by atoms with Crippen molar-refractivity contribution in [3.8, 4) is 11.8 Å². The van der Waals surface area contributed by atoms with Crippen molar-refractivity contribution >= 4 is 17.5 Å². The van der Waals surface area contributed by atoms with Crippen molar-refractivity contribution in [1.82, 2.24) is 4.98 Å². The zero-order valence-corrected chi connectivity index (χ0v) is 10.9. The lowest BCUT2D eigenvalue weighted by Crippen LogP contribution is -2.04. The maximum atomic E-state index is 11.4. The Bertz CT molecular complexity index is 715. The first-order chi connectivity index (χ1) is 9.60. The molecule has 4 N–H and O–H groups in total. The molecule has 0 radical (unpaired) electrons. The van der Waals surface area contributed by atoms with Gasteiger partial charge in [0.2, 0.25) is 0 Å². The van der Waals surface area contributed by atoms with Crippen molar-refractivity contribution in [3.05, 3.63) is 53.2 Å². The molecule has 2 aromatic rings. The maximum Gasteiger partial charge on any atom is 0.339 e. The molecule has 20 heavy (non-hydrogen) atoms. The lowest BCUT2D eigenvalue weighted by Gasteiger charge is -2.01. The van der Waals surface area contributed by atoms with Gasteiger partial charge in [0.05, 0.1) is 18.2 Å². The Kier molecular flexibility index (Phi) is 3.87. The second-order valence-electron chi connectivity index (χ2n) is 4.02. The first-order valence-electron chi connectivity index (χ1n) is 5.81. The molecule has 0 amide bonds. The zero-order valence-electron chi connectivity index (χ0n) is 10.9. The Hall–Kier alpha value is -3.00. The van der Waals surface area contributed by atoms with E-state index in [1.54, 1.807) is 18.2 Å². The predicted octanol–water partition coefficient (Wildman–Crippen LogP) is 1.43. The number of hydrogen-bond acceptors (Lipinski definition) is 5. The van der Waals surface area contributed by atoms with Gasteiger partial charge in [-0.3, -0.25) is 0 Å². The highest BCUT2D eigenvalue weighted by molar-refractivity contribution is 5.89. The lowest BCUT2D eigenvalue weighted by atomic mass is 10.1. The summed E-state index contributed by atoms with van der Waals surface area (Å²) in [4.78, 5) is 15.4. The molecule has 100 valence electrons. The number of benzene rings is 1. The van der Waals surface area contributed by atoms with E-state index in [0.29, 0.717) is 16.8 Å². The Morgan fingerprint density at radius 3 is 2.75 bits per heavy atom. The van der Waals surface area contributed by atoms with Gasteiger partial charge in [-0.2, -0.15) is 0 Å². The quantitative estimate of drug-likeness (QED) is 0.463. The molecule has 0 spiro atoms. The van der Waals surface area contributed by atoms with Crippen LogP contribution in [-0.4, -0.2) is 18.1 Å². The number of carbonyl (C=O) groups is 1. The normalized spacial score (nSPS) is 9.45. The first-order valence-corrected chi connectivity index (χ1v) is 5.81. The SMILES string of the molecule is COC(=O)c1cnc(N)c(C#Cc2cccc(N)c2)c1. The number of aromatic nitrogens is 1. The van der Waals surface area contributed by atoms with E-state index in [-0.39, 0.29) is 5.82 Å². The van der Waals surface area contributed by atoms with Gasteiger partial charge in [0.15, 0.2) is 0 Å². The number of anilines is 2. The molecule has 0 atom stereocenters. The average Bonchev–Trinajstić information content (AvgIpc) is 2.45. The highest BCUT2D eigenvalue weighted by atomic mass is 16.5. The molecule has 5 heteroatoms. The third-order valence-electron chi connectivity index (χ3n) is 2.57. The third kappa shape index (κ3) is 3.06. The molecule has 0 bridgehead atoms. The summed E-state index contributed by atoms with van der Waals surface area (Å²) in [7, 11) is 1.30. The summed E-state index contributed by atoms with van der Waals surface area (Å²) in [6.07, 6.45) is 1.35. The van der Waals surface area contributed by atoms with Crippen LogP contribution in [0, 0.1) is 11.8 Å². The van der Waals surface area contributed by atoms with Crippen LogP contribution in [-0.2, 0) is 4.74 Å². The third-order valence-corrected chi connectivity index (χ3v) is 2.57. The van der Waals surface area contributed by atoms with Gasteiger partial charge in [0.1, 0.15) is 5.82 Å². The highest BCUT2D eigenvalue weighted by Gasteiger charge is 2.08. The molecular weight excluding hydrogens is 254 g/mol. The van der Waals surface area contributed by atoms with E-state index in [1.807, 2.05) is 12.1 Å². The second-order valence-corrected chi connectivity index (χ2v) is 4.02. The summed E-state index contributed by atoms with van der Waals surface area (Å²) in [6, 6.07) is 8.72. The van der Waals surface area contributed by atoms with Crippen LogP contribution < -0.4 is 11.5 Å². The Morgan fingerprint density at radius 2 is 2.05 bits per heavy atom. The Balaban J connectivity index is 2.36. The van der Waals surface area contributed by atoms with E-state index in [1.165, 1.54) is 13.3 Å². The molecule has 0 fully saturated rings. The number of hydrogen-bond donors (Lipinski definition) is 2. The van der Waals surface area contributed by atoms with Crippen molar-refractivity contribution < 1.29 is 9.53 Å². The smallest absolute Gasteiger partial charge is 0.339 e. The average molecular weight is 267 g/mol. The topological polar surface area (TPSA) is 91.2 Å². The van der Waals surface area contributed by atoms with Crippen molar-refractivity contribution in [1.29, 1.82) is 0 Å². The first kappa shape index (κ1) is 13.4. The largest absolute Gasteiger partial charge is 0.465 e. The molecule has 0 aliphatic rings. The van der Waals surface area contributed by atoms with E-state index in [4.69, 9.17) is 11.5 Å². The molecule has 1 aromatic heterocycles.